The molecule has 0 radical (unpaired) electrons. The molecule has 1 saturated heterocycles. The zero-order chi connectivity index (χ0) is 26.5. The first-order valence-electron chi connectivity index (χ1n) is 12.1. The molecule has 1 fully saturated rings. The summed E-state index contributed by atoms with van der Waals surface area (Å²) in [6.07, 6.45) is 2.43. The molecule has 0 bridgehead atoms. The van der Waals surface area contributed by atoms with Crippen LogP contribution in [0.4, 0.5) is 23.4 Å². The van der Waals surface area contributed by atoms with E-state index in [9.17, 15) is 13.2 Å². The number of hydrogen-bond donors (Lipinski definition) is 1. The first-order valence-corrected chi connectivity index (χ1v) is 12.9. The van der Waals surface area contributed by atoms with Crippen LogP contribution in [0.1, 0.15) is 47.0 Å². The quantitative estimate of drug-likeness (QED) is 0.293. The molecular weight excluding hydrogens is 486 g/mol. The molecule has 1 aliphatic rings. The lowest BCUT2D eigenvalue weighted by molar-refractivity contribution is -0.0884. The van der Waals surface area contributed by atoms with Crippen LogP contribution in [0.5, 0.6) is 0 Å². The number of hydrogen-bond acceptors (Lipinski definition) is 4. The van der Waals surface area contributed by atoms with Crippen molar-refractivity contribution in [2.75, 3.05) is 18.9 Å². The van der Waals surface area contributed by atoms with Gasteiger partial charge in [-0.1, -0.05) is 36.8 Å². The normalized spacial score (nSPS) is 19.2. The SMILES string of the molecule is C\C=C(F)/C(=C\C(=C\CC)C(F)(F)F)C(/C=C1/C(Nc2nsc3ccccc23)CCCN1C)=C(C)C. The van der Waals surface area contributed by atoms with E-state index in [1.807, 2.05) is 37.4 Å². The molecule has 1 atom stereocenters. The number of anilines is 1. The van der Waals surface area contributed by atoms with Crippen LogP contribution in [0.3, 0.4) is 0 Å². The van der Waals surface area contributed by atoms with Gasteiger partial charge < -0.3 is 10.2 Å². The zero-order valence-electron chi connectivity index (χ0n) is 21.3. The van der Waals surface area contributed by atoms with Crippen molar-refractivity contribution in [3.05, 3.63) is 82.4 Å². The lowest BCUT2D eigenvalue weighted by Gasteiger charge is -2.35. The van der Waals surface area contributed by atoms with Crippen LogP contribution < -0.4 is 5.32 Å². The van der Waals surface area contributed by atoms with Gasteiger partial charge in [-0.05, 0) is 81.4 Å². The Hall–Kier alpha value is -2.87. The van der Waals surface area contributed by atoms with E-state index >= 15 is 4.39 Å². The Morgan fingerprint density at radius 2 is 1.97 bits per heavy atom. The Labute approximate surface area is 214 Å². The maximum Gasteiger partial charge on any atom is 0.416 e. The molecule has 36 heavy (non-hydrogen) atoms. The molecule has 1 aromatic carbocycles. The molecule has 1 N–H and O–H groups in total. The highest BCUT2D eigenvalue weighted by molar-refractivity contribution is 7.13. The Morgan fingerprint density at radius 1 is 1.25 bits per heavy atom. The molecule has 3 nitrogen and oxygen atoms in total. The van der Waals surface area contributed by atoms with Crippen molar-refractivity contribution in [1.29, 1.82) is 0 Å². The minimum atomic E-state index is -4.58. The van der Waals surface area contributed by atoms with Crippen LogP contribution in [-0.4, -0.2) is 35.1 Å². The van der Waals surface area contributed by atoms with Crippen LogP contribution in [0.25, 0.3) is 10.1 Å². The molecule has 2 heterocycles. The van der Waals surface area contributed by atoms with Crippen LogP contribution in [0.2, 0.25) is 0 Å². The minimum Gasteiger partial charge on any atom is -0.376 e. The smallest absolute Gasteiger partial charge is 0.376 e. The number of nitrogens with one attached hydrogen (secondary N) is 1. The predicted octanol–water partition coefficient (Wildman–Crippen LogP) is 8.72. The molecule has 2 aromatic rings. The van der Waals surface area contributed by atoms with Gasteiger partial charge in [0.15, 0.2) is 0 Å². The summed E-state index contributed by atoms with van der Waals surface area (Å²) in [5, 5.41) is 4.57. The molecule has 1 aliphatic heterocycles. The average Bonchev–Trinajstić information content (AvgIpc) is 3.23. The van der Waals surface area contributed by atoms with Gasteiger partial charge in [-0.3, -0.25) is 0 Å². The summed E-state index contributed by atoms with van der Waals surface area (Å²) in [5.74, 6) is 0.0870. The standard InChI is InChI=1S/C28H33F4N3S/c1-6-11-19(28(30,31)32)16-22(23(29)7-2)21(18(3)4)17-25-24(13-10-15-35(25)5)33-27-20-12-8-9-14-26(20)36-34-27/h7-9,11-12,14,16-17,24H,6,10,13,15H2,1-5H3,(H,33,34)/b19-11-,22-16-,23-7+,25-17-. The number of fused-ring (bicyclic) bond motifs is 1. The lowest BCUT2D eigenvalue weighted by atomic mass is 9.92. The fraction of sp³-hybridized carbons (Fsp3) is 0.393. The highest BCUT2D eigenvalue weighted by atomic mass is 32.1. The monoisotopic (exact) mass is 519 g/mol. The van der Waals surface area contributed by atoms with Crippen molar-refractivity contribution in [3.63, 3.8) is 0 Å². The van der Waals surface area contributed by atoms with Crippen molar-refractivity contribution in [2.24, 2.45) is 0 Å². The summed E-state index contributed by atoms with van der Waals surface area (Å²) in [5.41, 5.74) is 1.13. The third-order valence-electron chi connectivity index (χ3n) is 6.16. The molecule has 194 valence electrons. The number of halogens is 4. The second-order valence-corrected chi connectivity index (χ2v) is 9.84. The van der Waals surface area contributed by atoms with Gasteiger partial charge in [0.05, 0.1) is 16.3 Å². The lowest BCUT2D eigenvalue weighted by Crippen LogP contribution is -2.38. The minimum absolute atomic E-state index is 0.0705. The summed E-state index contributed by atoms with van der Waals surface area (Å²) in [6, 6.07) is 7.84. The summed E-state index contributed by atoms with van der Waals surface area (Å²) in [7, 11) is 1.95. The number of likely N-dealkylation sites (tertiary alicyclic amines) is 1. The van der Waals surface area contributed by atoms with Gasteiger partial charge in [-0.15, -0.1) is 0 Å². The number of aromatic nitrogens is 1. The predicted molar refractivity (Wildman–Crippen MR) is 143 cm³/mol. The van der Waals surface area contributed by atoms with Gasteiger partial charge in [0.1, 0.15) is 11.6 Å². The molecule has 3 rings (SSSR count). The maximum absolute atomic E-state index is 15.1. The number of piperidine rings is 1. The molecule has 0 saturated carbocycles. The molecule has 0 spiro atoms. The summed E-state index contributed by atoms with van der Waals surface area (Å²) in [6.45, 7) is 7.50. The van der Waals surface area contributed by atoms with Crippen LogP contribution in [-0.2, 0) is 0 Å². The third kappa shape index (κ3) is 6.46. The number of allylic oxidation sites excluding steroid dienone is 9. The van der Waals surface area contributed by atoms with Crippen molar-refractivity contribution < 1.29 is 17.6 Å². The second kappa shape index (κ2) is 11.9. The highest BCUT2D eigenvalue weighted by Crippen LogP contribution is 2.35. The van der Waals surface area contributed by atoms with Gasteiger partial charge in [0, 0.05) is 30.2 Å². The third-order valence-corrected chi connectivity index (χ3v) is 6.98. The molecule has 1 aromatic heterocycles. The molecule has 0 amide bonds. The van der Waals surface area contributed by atoms with E-state index in [0.717, 1.165) is 58.7 Å². The van der Waals surface area contributed by atoms with E-state index in [4.69, 9.17) is 0 Å². The van der Waals surface area contributed by atoms with E-state index in [-0.39, 0.29) is 18.0 Å². The Kier molecular flexibility index (Phi) is 9.17. The largest absolute Gasteiger partial charge is 0.416 e. The number of benzene rings is 1. The van der Waals surface area contributed by atoms with E-state index in [2.05, 4.69) is 14.6 Å². The van der Waals surface area contributed by atoms with Gasteiger partial charge in [-0.2, -0.15) is 17.5 Å². The first-order chi connectivity index (χ1) is 17.1. The number of likely N-dealkylation sites (N-methyl/N-ethyl adjacent to an activating group) is 1. The molecule has 8 heteroatoms. The van der Waals surface area contributed by atoms with Crippen molar-refractivity contribution in [2.45, 2.75) is 59.2 Å². The summed E-state index contributed by atoms with van der Waals surface area (Å²) < 4.78 is 61.9. The Bertz CT molecular complexity index is 1230. The summed E-state index contributed by atoms with van der Waals surface area (Å²) >= 11 is 1.41. The van der Waals surface area contributed by atoms with Gasteiger partial charge >= 0.3 is 6.18 Å². The van der Waals surface area contributed by atoms with E-state index in [1.165, 1.54) is 24.5 Å². The zero-order valence-corrected chi connectivity index (χ0v) is 22.2. The molecule has 1 unspecified atom stereocenters. The number of nitrogens with zero attached hydrogens (tertiary/aromatic N) is 2. The van der Waals surface area contributed by atoms with Gasteiger partial charge in [0.25, 0.3) is 0 Å². The van der Waals surface area contributed by atoms with Gasteiger partial charge in [-0.25, -0.2) is 4.39 Å². The van der Waals surface area contributed by atoms with E-state index in [1.54, 1.807) is 20.8 Å². The van der Waals surface area contributed by atoms with Crippen LogP contribution in [0.15, 0.2) is 82.4 Å². The van der Waals surface area contributed by atoms with E-state index < -0.39 is 17.6 Å². The van der Waals surface area contributed by atoms with Crippen molar-refractivity contribution in [3.8, 4) is 0 Å². The number of alkyl halides is 3. The fourth-order valence-corrected chi connectivity index (χ4v) is 5.03. The van der Waals surface area contributed by atoms with Crippen LogP contribution in [0, 0.1) is 0 Å². The average molecular weight is 520 g/mol. The van der Waals surface area contributed by atoms with E-state index in [0.29, 0.717) is 5.57 Å². The molecular formula is C28H33F4N3S. The second-order valence-electron chi connectivity index (χ2n) is 9.03. The van der Waals surface area contributed by atoms with Gasteiger partial charge in [0.2, 0.25) is 0 Å². The Balaban J connectivity index is 2.10. The Morgan fingerprint density at radius 3 is 2.61 bits per heavy atom. The molecule has 0 aliphatic carbocycles. The number of rotatable bonds is 7. The maximum atomic E-state index is 15.1. The van der Waals surface area contributed by atoms with Crippen molar-refractivity contribution in [1.82, 2.24) is 9.27 Å². The highest BCUT2D eigenvalue weighted by Gasteiger charge is 2.33. The topological polar surface area (TPSA) is 28.2 Å². The van der Waals surface area contributed by atoms with Crippen molar-refractivity contribution >= 4 is 27.4 Å². The fourth-order valence-electron chi connectivity index (χ4n) is 4.29. The first kappa shape index (κ1) is 27.7. The summed E-state index contributed by atoms with van der Waals surface area (Å²) in [4.78, 5) is 2.08. The van der Waals surface area contributed by atoms with Crippen LogP contribution >= 0.6 is 11.5 Å².